The molecule has 6 heteroatoms. The SMILES string of the molecule is COC(=O)CC(Nc1ccc(OC)cc1)c1cc(F)cc(F)c1. The Morgan fingerprint density at radius 2 is 1.70 bits per heavy atom. The fourth-order valence-electron chi connectivity index (χ4n) is 2.17. The number of methoxy groups -OCH3 is 2. The molecule has 23 heavy (non-hydrogen) atoms. The van der Waals surface area contributed by atoms with E-state index < -0.39 is 23.6 Å². The molecule has 0 saturated carbocycles. The Morgan fingerprint density at radius 3 is 2.22 bits per heavy atom. The van der Waals surface area contributed by atoms with Gasteiger partial charge in [0, 0.05) is 11.8 Å². The number of anilines is 1. The second kappa shape index (κ2) is 7.58. The second-order valence-electron chi connectivity index (χ2n) is 4.91. The molecule has 0 amide bonds. The maximum absolute atomic E-state index is 13.4. The first-order valence-electron chi connectivity index (χ1n) is 6.95. The maximum Gasteiger partial charge on any atom is 0.307 e. The molecule has 1 unspecified atom stereocenters. The van der Waals surface area contributed by atoms with Crippen LogP contribution in [-0.2, 0) is 9.53 Å². The Balaban J connectivity index is 2.27. The molecule has 4 nitrogen and oxygen atoms in total. The molecule has 1 N–H and O–H groups in total. The highest BCUT2D eigenvalue weighted by Crippen LogP contribution is 2.26. The van der Waals surface area contributed by atoms with E-state index in [9.17, 15) is 13.6 Å². The number of hydrogen-bond acceptors (Lipinski definition) is 4. The Labute approximate surface area is 133 Å². The minimum absolute atomic E-state index is 0.0641. The van der Waals surface area contributed by atoms with Crippen LogP contribution in [0, 0.1) is 11.6 Å². The normalized spacial score (nSPS) is 11.7. The maximum atomic E-state index is 13.4. The third-order valence-corrected chi connectivity index (χ3v) is 3.32. The summed E-state index contributed by atoms with van der Waals surface area (Å²) in [5.41, 5.74) is 1.01. The Bertz CT molecular complexity index is 654. The van der Waals surface area contributed by atoms with Crippen LogP contribution in [0.1, 0.15) is 18.0 Å². The Hall–Kier alpha value is -2.63. The summed E-state index contributed by atoms with van der Waals surface area (Å²) in [4.78, 5) is 11.6. The van der Waals surface area contributed by atoms with Crippen molar-refractivity contribution in [3.63, 3.8) is 0 Å². The first kappa shape index (κ1) is 16.7. The van der Waals surface area contributed by atoms with Gasteiger partial charge in [0.2, 0.25) is 0 Å². The van der Waals surface area contributed by atoms with Crippen LogP contribution in [0.3, 0.4) is 0 Å². The van der Waals surface area contributed by atoms with Gasteiger partial charge in [0.25, 0.3) is 0 Å². The number of rotatable bonds is 6. The van der Waals surface area contributed by atoms with Gasteiger partial charge in [-0.3, -0.25) is 4.79 Å². The Kier molecular flexibility index (Phi) is 5.51. The van der Waals surface area contributed by atoms with Gasteiger partial charge in [0.15, 0.2) is 0 Å². The summed E-state index contributed by atoms with van der Waals surface area (Å²) in [6.07, 6.45) is -0.0641. The summed E-state index contributed by atoms with van der Waals surface area (Å²) in [6.45, 7) is 0. The van der Waals surface area contributed by atoms with Gasteiger partial charge in [0.1, 0.15) is 17.4 Å². The lowest BCUT2D eigenvalue weighted by molar-refractivity contribution is -0.140. The molecule has 1 atom stereocenters. The zero-order chi connectivity index (χ0) is 16.8. The largest absolute Gasteiger partial charge is 0.497 e. The molecule has 0 aliphatic carbocycles. The third-order valence-electron chi connectivity index (χ3n) is 3.32. The molecular formula is C17H17F2NO3. The summed E-state index contributed by atoms with van der Waals surface area (Å²) in [5, 5.41) is 3.08. The minimum atomic E-state index is -0.702. The summed E-state index contributed by atoms with van der Waals surface area (Å²) < 4.78 is 36.6. The van der Waals surface area contributed by atoms with Crippen molar-refractivity contribution in [1.29, 1.82) is 0 Å². The number of esters is 1. The van der Waals surface area contributed by atoms with Gasteiger partial charge in [-0.1, -0.05) is 0 Å². The lowest BCUT2D eigenvalue weighted by Gasteiger charge is -2.20. The zero-order valence-electron chi connectivity index (χ0n) is 12.8. The molecule has 0 aliphatic rings. The van der Waals surface area contributed by atoms with Crippen LogP contribution in [0.4, 0.5) is 14.5 Å². The predicted octanol–water partition coefficient (Wildman–Crippen LogP) is 3.69. The third kappa shape index (κ3) is 4.67. The summed E-state index contributed by atoms with van der Waals surface area (Å²) in [5.74, 6) is -1.21. The van der Waals surface area contributed by atoms with E-state index in [4.69, 9.17) is 4.74 Å². The quantitative estimate of drug-likeness (QED) is 0.824. The van der Waals surface area contributed by atoms with E-state index in [0.29, 0.717) is 17.0 Å². The summed E-state index contributed by atoms with van der Waals surface area (Å²) in [7, 11) is 2.82. The van der Waals surface area contributed by atoms with Gasteiger partial charge in [0.05, 0.1) is 26.7 Å². The van der Waals surface area contributed by atoms with Crippen molar-refractivity contribution >= 4 is 11.7 Å². The van der Waals surface area contributed by atoms with Crippen molar-refractivity contribution in [3.05, 3.63) is 59.7 Å². The molecule has 0 spiro atoms. The molecule has 0 bridgehead atoms. The number of nitrogens with one attached hydrogen (secondary N) is 1. The molecule has 0 radical (unpaired) electrons. The molecule has 2 aromatic rings. The van der Waals surface area contributed by atoms with E-state index in [1.54, 1.807) is 31.4 Å². The average molecular weight is 321 g/mol. The first-order valence-corrected chi connectivity index (χ1v) is 6.95. The molecular weight excluding hydrogens is 304 g/mol. The summed E-state index contributed by atoms with van der Waals surface area (Å²) in [6, 6.07) is 9.51. The molecule has 0 heterocycles. The zero-order valence-corrected chi connectivity index (χ0v) is 12.8. The smallest absolute Gasteiger partial charge is 0.307 e. The van der Waals surface area contributed by atoms with E-state index in [1.165, 1.54) is 19.2 Å². The van der Waals surface area contributed by atoms with Crippen molar-refractivity contribution in [2.24, 2.45) is 0 Å². The fourth-order valence-corrected chi connectivity index (χ4v) is 2.17. The predicted molar refractivity (Wildman–Crippen MR) is 82.3 cm³/mol. The standard InChI is InChI=1S/C17H17F2NO3/c1-22-15-5-3-14(4-6-15)20-16(10-17(21)23-2)11-7-12(18)9-13(19)8-11/h3-9,16,20H,10H2,1-2H3. The van der Waals surface area contributed by atoms with Crippen LogP contribution in [0.5, 0.6) is 5.75 Å². The van der Waals surface area contributed by atoms with E-state index in [2.05, 4.69) is 10.1 Å². The molecule has 0 saturated heterocycles. The van der Waals surface area contributed by atoms with E-state index in [0.717, 1.165) is 6.07 Å². The number of hydrogen-bond donors (Lipinski definition) is 1. The second-order valence-corrected chi connectivity index (χ2v) is 4.91. The topological polar surface area (TPSA) is 47.6 Å². The highest BCUT2D eigenvalue weighted by molar-refractivity contribution is 5.71. The van der Waals surface area contributed by atoms with Crippen LogP contribution < -0.4 is 10.1 Å². The number of carbonyl (C=O) groups is 1. The minimum Gasteiger partial charge on any atom is -0.497 e. The lowest BCUT2D eigenvalue weighted by Crippen LogP contribution is -2.17. The van der Waals surface area contributed by atoms with E-state index in [-0.39, 0.29) is 6.42 Å². The van der Waals surface area contributed by atoms with Crippen LogP contribution in [0.2, 0.25) is 0 Å². The van der Waals surface area contributed by atoms with Gasteiger partial charge < -0.3 is 14.8 Å². The molecule has 0 aromatic heterocycles. The van der Waals surface area contributed by atoms with Gasteiger partial charge in [-0.2, -0.15) is 0 Å². The molecule has 2 aromatic carbocycles. The molecule has 0 aliphatic heterocycles. The molecule has 122 valence electrons. The van der Waals surface area contributed by atoms with Gasteiger partial charge in [-0.25, -0.2) is 8.78 Å². The average Bonchev–Trinajstić information content (AvgIpc) is 2.53. The number of halogens is 2. The van der Waals surface area contributed by atoms with Crippen molar-refractivity contribution in [3.8, 4) is 5.75 Å². The number of carbonyl (C=O) groups excluding carboxylic acids is 1. The van der Waals surface area contributed by atoms with Crippen LogP contribution in [0.25, 0.3) is 0 Å². The van der Waals surface area contributed by atoms with Gasteiger partial charge in [-0.05, 0) is 42.0 Å². The highest BCUT2D eigenvalue weighted by Gasteiger charge is 2.18. The number of benzene rings is 2. The number of ether oxygens (including phenoxy) is 2. The molecule has 0 fully saturated rings. The Morgan fingerprint density at radius 1 is 1.09 bits per heavy atom. The van der Waals surface area contributed by atoms with Crippen LogP contribution >= 0.6 is 0 Å². The summed E-state index contributed by atoms with van der Waals surface area (Å²) >= 11 is 0. The van der Waals surface area contributed by atoms with Crippen molar-refractivity contribution in [2.75, 3.05) is 19.5 Å². The van der Waals surface area contributed by atoms with Gasteiger partial charge >= 0.3 is 5.97 Å². The van der Waals surface area contributed by atoms with Crippen LogP contribution in [-0.4, -0.2) is 20.2 Å². The van der Waals surface area contributed by atoms with Gasteiger partial charge in [-0.15, -0.1) is 0 Å². The highest BCUT2D eigenvalue weighted by atomic mass is 19.1. The van der Waals surface area contributed by atoms with Crippen molar-refractivity contribution in [2.45, 2.75) is 12.5 Å². The molecule has 2 rings (SSSR count). The van der Waals surface area contributed by atoms with Crippen molar-refractivity contribution in [1.82, 2.24) is 0 Å². The van der Waals surface area contributed by atoms with E-state index in [1.807, 2.05) is 0 Å². The monoisotopic (exact) mass is 321 g/mol. The lowest BCUT2D eigenvalue weighted by atomic mass is 10.0. The fraction of sp³-hybridized carbons (Fsp3) is 0.235. The van der Waals surface area contributed by atoms with E-state index >= 15 is 0 Å². The van der Waals surface area contributed by atoms with Crippen LogP contribution in [0.15, 0.2) is 42.5 Å². The van der Waals surface area contributed by atoms with Crippen molar-refractivity contribution < 1.29 is 23.0 Å². The first-order chi connectivity index (χ1) is 11.0.